The van der Waals surface area contributed by atoms with Crippen LogP contribution in [-0.4, -0.2) is 42.2 Å². The van der Waals surface area contributed by atoms with E-state index in [4.69, 9.17) is 0 Å². The van der Waals surface area contributed by atoms with E-state index >= 15 is 0 Å². The summed E-state index contributed by atoms with van der Waals surface area (Å²) in [6.07, 6.45) is 6.87. The van der Waals surface area contributed by atoms with E-state index in [9.17, 15) is 4.79 Å². The van der Waals surface area contributed by atoms with Gasteiger partial charge in [0, 0.05) is 32.2 Å². The first-order chi connectivity index (χ1) is 10.2. The van der Waals surface area contributed by atoms with Crippen molar-refractivity contribution in [3.8, 4) is 0 Å². The first-order valence-electron chi connectivity index (χ1n) is 6.75. The van der Waals surface area contributed by atoms with Crippen LogP contribution in [0.5, 0.6) is 0 Å². The van der Waals surface area contributed by atoms with Crippen molar-refractivity contribution in [2.45, 2.75) is 20.0 Å². The first-order valence-corrected chi connectivity index (χ1v) is 6.75. The van der Waals surface area contributed by atoms with Gasteiger partial charge in [-0.15, -0.1) is 0 Å². The summed E-state index contributed by atoms with van der Waals surface area (Å²) in [5.74, 6) is -0.116. The largest absolute Gasteiger partial charge is 0.336 e. The average molecular weight is 284 g/mol. The van der Waals surface area contributed by atoms with Crippen LogP contribution in [0.25, 0.3) is 5.65 Å². The molecule has 7 heteroatoms. The van der Waals surface area contributed by atoms with Crippen LogP contribution < -0.4 is 0 Å². The van der Waals surface area contributed by atoms with Gasteiger partial charge in [0.05, 0.1) is 18.4 Å². The summed E-state index contributed by atoms with van der Waals surface area (Å²) in [5, 5.41) is 8.51. The Labute approximate surface area is 121 Å². The molecule has 108 valence electrons. The minimum Gasteiger partial charge on any atom is -0.336 e. The number of aryl methyl sites for hydroxylation is 1. The molecular weight excluding hydrogens is 268 g/mol. The second-order valence-electron chi connectivity index (χ2n) is 4.77. The van der Waals surface area contributed by atoms with Gasteiger partial charge in [-0.2, -0.15) is 10.2 Å². The van der Waals surface area contributed by atoms with E-state index in [2.05, 4.69) is 15.2 Å². The maximum absolute atomic E-state index is 12.5. The number of hydrogen-bond donors (Lipinski definition) is 0. The molecule has 0 aromatic carbocycles. The average Bonchev–Trinajstić information content (AvgIpc) is 3.12. The van der Waals surface area contributed by atoms with Crippen molar-refractivity contribution in [2.24, 2.45) is 0 Å². The van der Waals surface area contributed by atoms with E-state index < -0.39 is 0 Å². The molecule has 0 aliphatic rings. The van der Waals surface area contributed by atoms with Gasteiger partial charge in [0.1, 0.15) is 5.56 Å². The van der Waals surface area contributed by atoms with Crippen molar-refractivity contribution in [2.75, 3.05) is 7.05 Å². The number of rotatable bonds is 4. The Morgan fingerprint density at radius 1 is 1.38 bits per heavy atom. The van der Waals surface area contributed by atoms with Crippen molar-refractivity contribution in [3.63, 3.8) is 0 Å². The molecule has 21 heavy (non-hydrogen) atoms. The van der Waals surface area contributed by atoms with Gasteiger partial charge in [0.15, 0.2) is 5.65 Å². The fourth-order valence-corrected chi connectivity index (χ4v) is 2.16. The maximum atomic E-state index is 12.5. The van der Waals surface area contributed by atoms with Crippen LogP contribution in [0.2, 0.25) is 0 Å². The zero-order valence-corrected chi connectivity index (χ0v) is 12.0. The minimum absolute atomic E-state index is 0.116. The maximum Gasteiger partial charge on any atom is 0.259 e. The molecule has 0 saturated carbocycles. The monoisotopic (exact) mass is 284 g/mol. The lowest BCUT2D eigenvalue weighted by atomic mass is 10.3. The van der Waals surface area contributed by atoms with Gasteiger partial charge in [-0.1, -0.05) is 0 Å². The molecular formula is C14H16N6O. The fraction of sp³-hybridized carbons (Fsp3) is 0.286. The number of hydrogen-bond acceptors (Lipinski definition) is 4. The predicted molar refractivity (Wildman–Crippen MR) is 76.7 cm³/mol. The van der Waals surface area contributed by atoms with Crippen molar-refractivity contribution in [3.05, 3.63) is 48.2 Å². The summed E-state index contributed by atoms with van der Waals surface area (Å²) < 4.78 is 3.43. The van der Waals surface area contributed by atoms with Gasteiger partial charge in [-0.3, -0.25) is 9.48 Å². The highest BCUT2D eigenvalue weighted by molar-refractivity contribution is 5.99. The zero-order chi connectivity index (χ0) is 14.8. The molecule has 7 nitrogen and oxygen atoms in total. The third-order valence-electron chi connectivity index (χ3n) is 3.28. The Kier molecular flexibility index (Phi) is 3.39. The van der Waals surface area contributed by atoms with Crippen molar-refractivity contribution in [1.29, 1.82) is 0 Å². The Morgan fingerprint density at radius 3 is 3.00 bits per heavy atom. The number of carbonyl (C=O) groups excluding carboxylic acids is 1. The molecule has 0 spiro atoms. The van der Waals surface area contributed by atoms with Crippen molar-refractivity contribution >= 4 is 11.6 Å². The van der Waals surface area contributed by atoms with Crippen LogP contribution in [-0.2, 0) is 13.1 Å². The number of fused-ring (bicyclic) bond motifs is 1. The highest BCUT2D eigenvalue weighted by atomic mass is 16.2. The Bertz CT molecular complexity index is 774. The van der Waals surface area contributed by atoms with Crippen molar-refractivity contribution < 1.29 is 4.79 Å². The molecule has 0 aliphatic carbocycles. The first kappa shape index (κ1) is 13.3. The van der Waals surface area contributed by atoms with Crippen LogP contribution in [0.3, 0.4) is 0 Å². The molecule has 0 saturated heterocycles. The number of aromatic nitrogens is 5. The van der Waals surface area contributed by atoms with E-state index in [-0.39, 0.29) is 5.91 Å². The number of amides is 1. The predicted octanol–water partition coefficient (Wildman–Crippen LogP) is 1.22. The Morgan fingerprint density at radius 2 is 2.24 bits per heavy atom. The zero-order valence-electron chi connectivity index (χ0n) is 12.0. The lowest BCUT2D eigenvalue weighted by Crippen LogP contribution is -2.26. The number of carbonyl (C=O) groups is 1. The molecule has 3 heterocycles. The molecule has 3 aromatic heterocycles. The smallest absolute Gasteiger partial charge is 0.259 e. The molecule has 0 N–H and O–H groups in total. The summed E-state index contributed by atoms with van der Waals surface area (Å²) in [6.45, 7) is 3.29. The van der Waals surface area contributed by atoms with Crippen LogP contribution in [0.15, 0.2) is 36.9 Å². The van der Waals surface area contributed by atoms with E-state index in [1.165, 1.54) is 0 Å². The second-order valence-corrected chi connectivity index (χ2v) is 4.77. The molecule has 0 fully saturated rings. The van der Waals surface area contributed by atoms with Gasteiger partial charge in [-0.25, -0.2) is 9.50 Å². The summed E-state index contributed by atoms with van der Waals surface area (Å²) in [7, 11) is 1.75. The molecule has 3 rings (SSSR count). The highest BCUT2D eigenvalue weighted by Gasteiger charge is 2.18. The van der Waals surface area contributed by atoms with Crippen LogP contribution >= 0.6 is 0 Å². The number of nitrogens with zero attached hydrogens (tertiary/aromatic N) is 6. The molecule has 0 unspecified atom stereocenters. The molecule has 0 aliphatic heterocycles. The van der Waals surface area contributed by atoms with Crippen LogP contribution in [0.1, 0.15) is 23.0 Å². The minimum atomic E-state index is -0.116. The van der Waals surface area contributed by atoms with E-state index in [0.717, 1.165) is 12.2 Å². The second kappa shape index (κ2) is 5.35. The van der Waals surface area contributed by atoms with Gasteiger partial charge in [0.25, 0.3) is 5.91 Å². The SMILES string of the molecule is CCn1ccc(CN(C)C(=O)c2cnn3cccnc23)n1. The highest BCUT2D eigenvalue weighted by Crippen LogP contribution is 2.11. The molecule has 0 bridgehead atoms. The summed E-state index contributed by atoms with van der Waals surface area (Å²) in [6, 6.07) is 3.69. The normalized spacial score (nSPS) is 11.0. The third-order valence-corrected chi connectivity index (χ3v) is 3.28. The molecule has 1 amide bonds. The Balaban J connectivity index is 1.81. The van der Waals surface area contributed by atoms with E-state index in [1.807, 2.05) is 23.9 Å². The lowest BCUT2D eigenvalue weighted by Gasteiger charge is -2.14. The van der Waals surface area contributed by atoms with Crippen molar-refractivity contribution in [1.82, 2.24) is 29.3 Å². The molecule has 0 atom stereocenters. The third kappa shape index (κ3) is 2.49. The summed E-state index contributed by atoms with van der Waals surface area (Å²) in [4.78, 5) is 18.3. The standard InChI is InChI=1S/C14H16N6O/c1-3-19-8-5-11(17-19)10-18(2)14(21)12-9-16-20-7-4-6-15-13(12)20/h4-9H,3,10H2,1-2H3. The van der Waals surface area contributed by atoms with Crippen LogP contribution in [0, 0.1) is 0 Å². The molecule has 0 radical (unpaired) electrons. The lowest BCUT2D eigenvalue weighted by molar-refractivity contribution is 0.0785. The van der Waals surface area contributed by atoms with Gasteiger partial charge >= 0.3 is 0 Å². The van der Waals surface area contributed by atoms with Gasteiger partial charge in [0.2, 0.25) is 0 Å². The Hall–Kier alpha value is -2.70. The summed E-state index contributed by atoms with van der Waals surface area (Å²) in [5.41, 5.74) is 1.92. The van der Waals surface area contributed by atoms with E-state index in [1.54, 1.807) is 41.1 Å². The van der Waals surface area contributed by atoms with E-state index in [0.29, 0.717) is 17.8 Å². The van der Waals surface area contributed by atoms with Crippen LogP contribution in [0.4, 0.5) is 0 Å². The quantitative estimate of drug-likeness (QED) is 0.722. The summed E-state index contributed by atoms with van der Waals surface area (Å²) >= 11 is 0. The topological polar surface area (TPSA) is 68.3 Å². The van der Waals surface area contributed by atoms with Gasteiger partial charge < -0.3 is 4.90 Å². The fourth-order valence-electron chi connectivity index (χ4n) is 2.16. The molecule has 3 aromatic rings. The van der Waals surface area contributed by atoms with Gasteiger partial charge in [-0.05, 0) is 19.1 Å².